The molecule has 10 heteroatoms. The van der Waals surface area contributed by atoms with Crippen LogP contribution < -0.4 is 10.6 Å². The van der Waals surface area contributed by atoms with Gasteiger partial charge in [0, 0.05) is 34.5 Å². The predicted octanol–water partition coefficient (Wildman–Crippen LogP) is 4.86. The topological polar surface area (TPSA) is 83.0 Å². The Labute approximate surface area is 173 Å². The summed E-state index contributed by atoms with van der Waals surface area (Å²) in [6.45, 7) is 1.65. The average Bonchev–Trinajstić information content (AvgIpc) is 2.69. The lowest BCUT2D eigenvalue weighted by atomic mass is 10.2. The number of benzene rings is 1. The monoisotopic (exact) mass is 467 g/mol. The first-order chi connectivity index (χ1) is 13.8. The van der Waals surface area contributed by atoms with Crippen LogP contribution in [-0.4, -0.2) is 32.7 Å². The number of aliphatic hydroxyl groups excluding tert-OH is 1. The third-order valence-electron chi connectivity index (χ3n) is 3.91. The molecule has 3 rings (SSSR count). The van der Waals surface area contributed by atoms with Gasteiger partial charge in [0.1, 0.15) is 5.82 Å². The molecule has 1 atom stereocenters. The zero-order valence-corrected chi connectivity index (χ0v) is 16.8. The van der Waals surface area contributed by atoms with Gasteiger partial charge in [-0.05, 0) is 53.2 Å². The fourth-order valence-corrected chi connectivity index (χ4v) is 2.92. The van der Waals surface area contributed by atoms with Crippen molar-refractivity contribution >= 4 is 33.4 Å². The van der Waals surface area contributed by atoms with Crippen molar-refractivity contribution < 1.29 is 18.3 Å². The second-order valence-electron chi connectivity index (χ2n) is 6.24. The van der Waals surface area contributed by atoms with E-state index in [4.69, 9.17) is 0 Å². The molecule has 2 heterocycles. The number of anilines is 3. The Morgan fingerprint density at radius 1 is 1.10 bits per heavy atom. The maximum Gasteiger partial charge on any atom is 0.416 e. The first-order valence-electron chi connectivity index (χ1n) is 8.57. The van der Waals surface area contributed by atoms with Crippen molar-refractivity contribution in [2.45, 2.75) is 19.1 Å². The number of alkyl halides is 3. The number of aromatic nitrogens is 3. The third-order valence-corrected chi connectivity index (χ3v) is 4.57. The molecular formula is C19H17BrF3N5O. The highest BCUT2D eigenvalue weighted by Gasteiger charge is 2.30. The number of aliphatic hydroxyl groups is 1. The fourth-order valence-electron chi connectivity index (χ4n) is 2.44. The number of nitrogens with zero attached hydrogens (tertiary/aromatic N) is 3. The lowest BCUT2D eigenvalue weighted by Crippen LogP contribution is -2.21. The summed E-state index contributed by atoms with van der Waals surface area (Å²) in [6.07, 6.45) is -1.18. The molecule has 0 aliphatic rings. The fraction of sp³-hybridized carbons (Fsp3) is 0.211. The van der Waals surface area contributed by atoms with Gasteiger partial charge < -0.3 is 15.7 Å². The number of rotatable bonds is 6. The van der Waals surface area contributed by atoms with Gasteiger partial charge in [0.05, 0.1) is 23.6 Å². The molecule has 0 radical (unpaired) electrons. The Kier molecular flexibility index (Phi) is 6.33. The highest BCUT2D eigenvalue weighted by Crippen LogP contribution is 2.35. The molecule has 0 fully saturated rings. The smallest absolute Gasteiger partial charge is 0.394 e. The van der Waals surface area contributed by atoms with E-state index in [0.717, 1.165) is 17.7 Å². The Hall–Kier alpha value is -2.72. The van der Waals surface area contributed by atoms with Gasteiger partial charge in [0.25, 0.3) is 0 Å². The molecule has 2 aromatic heterocycles. The zero-order valence-electron chi connectivity index (χ0n) is 15.2. The van der Waals surface area contributed by atoms with Gasteiger partial charge in [-0.2, -0.15) is 18.2 Å². The van der Waals surface area contributed by atoms with Gasteiger partial charge in [-0.15, -0.1) is 0 Å². The van der Waals surface area contributed by atoms with Crippen molar-refractivity contribution in [1.29, 1.82) is 0 Å². The van der Waals surface area contributed by atoms with Crippen molar-refractivity contribution in [2.24, 2.45) is 0 Å². The second kappa shape index (κ2) is 8.75. The van der Waals surface area contributed by atoms with E-state index < -0.39 is 11.7 Å². The van der Waals surface area contributed by atoms with Crippen LogP contribution in [0.15, 0.2) is 53.3 Å². The van der Waals surface area contributed by atoms with Crippen LogP contribution in [0.2, 0.25) is 0 Å². The summed E-state index contributed by atoms with van der Waals surface area (Å²) >= 11 is 3.17. The van der Waals surface area contributed by atoms with Gasteiger partial charge in [-0.25, -0.2) is 4.98 Å². The number of hydrogen-bond acceptors (Lipinski definition) is 6. The van der Waals surface area contributed by atoms with Crippen LogP contribution in [0.5, 0.6) is 0 Å². The van der Waals surface area contributed by atoms with Gasteiger partial charge >= 0.3 is 6.18 Å². The molecule has 6 nitrogen and oxygen atoms in total. The largest absolute Gasteiger partial charge is 0.416 e. The zero-order chi connectivity index (χ0) is 21.0. The van der Waals surface area contributed by atoms with Crippen LogP contribution in [0.25, 0.3) is 11.3 Å². The molecule has 0 spiro atoms. The van der Waals surface area contributed by atoms with E-state index in [1.165, 1.54) is 6.07 Å². The lowest BCUT2D eigenvalue weighted by molar-refractivity contribution is -0.137. The van der Waals surface area contributed by atoms with Gasteiger partial charge in [0.15, 0.2) is 0 Å². The molecule has 0 unspecified atom stereocenters. The van der Waals surface area contributed by atoms with Crippen LogP contribution >= 0.6 is 15.9 Å². The van der Waals surface area contributed by atoms with Crippen LogP contribution in [0.1, 0.15) is 12.5 Å². The summed E-state index contributed by atoms with van der Waals surface area (Å²) in [4.78, 5) is 12.8. The number of hydrogen-bond donors (Lipinski definition) is 3. The van der Waals surface area contributed by atoms with Crippen LogP contribution in [0.3, 0.4) is 0 Å². The van der Waals surface area contributed by atoms with Crippen LogP contribution in [0.4, 0.5) is 30.6 Å². The molecule has 0 bridgehead atoms. The van der Waals surface area contributed by atoms with Gasteiger partial charge in [0.2, 0.25) is 5.95 Å². The maximum atomic E-state index is 12.9. The summed E-state index contributed by atoms with van der Waals surface area (Å²) in [6, 6.07) is 8.26. The number of nitrogens with one attached hydrogen (secondary N) is 2. The number of halogens is 4. The first-order valence-corrected chi connectivity index (χ1v) is 9.36. The third kappa shape index (κ3) is 5.42. The minimum Gasteiger partial charge on any atom is -0.394 e. The molecule has 0 amide bonds. The molecule has 3 N–H and O–H groups in total. The molecular weight excluding hydrogens is 451 g/mol. The molecule has 152 valence electrons. The Bertz CT molecular complexity index is 985. The van der Waals surface area contributed by atoms with Crippen molar-refractivity contribution in [3.05, 3.63) is 58.8 Å². The van der Waals surface area contributed by atoms with E-state index in [9.17, 15) is 18.3 Å². The minimum absolute atomic E-state index is 0.115. The number of pyridine rings is 1. The van der Waals surface area contributed by atoms with E-state index in [0.29, 0.717) is 17.2 Å². The maximum absolute atomic E-state index is 12.9. The molecule has 3 aromatic rings. The molecule has 0 aliphatic carbocycles. The summed E-state index contributed by atoms with van der Waals surface area (Å²) in [5, 5.41) is 15.3. The normalized spacial score (nSPS) is 12.5. The highest BCUT2D eigenvalue weighted by molar-refractivity contribution is 9.10. The van der Waals surface area contributed by atoms with E-state index in [1.54, 1.807) is 37.5 Å². The van der Waals surface area contributed by atoms with Crippen molar-refractivity contribution in [3.63, 3.8) is 0 Å². The molecule has 29 heavy (non-hydrogen) atoms. The van der Waals surface area contributed by atoms with E-state index in [1.807, 2.05) is 0 Å². The summed E-state index contributed by atoms with van der Waals surface area (Å²) in [5.41, 5.74) is 1.03. The minimum atomic E-state index is -4.43. The SMILES string of the molecule is C[C@H](CO)Nc1nc(Nc2ccc(C(F)(F)F)cc2Br)cc(-c2ccncc2)n1. The Morgan fingerprint density at radius 2 is 1.83 bits per heavy atom. The molecule has 0 saturated carbocycles. The van der Waals surface area contributed by atoms with E-state index >= 15 is 0 Å². The first kappa shape index (κ1) is 21.0. The quantitative estimate of drug-likeness (QED) is 0.480. The summed E-state index contributed by atoms with van der Waals surface area (Å²) in [7, 11) is 0. The molecule has 0 saturated heterocycles. The van der Waals surface area contributed by atoms with Crippen molar-refractivity contribution in [1.82, 2.24) is 15.0 Å². The van der Waals surface area contributed by atoms with Crippen molar-refractivity contribution in [2.75, 3.05) is 17.2 Å². The average molecular weight is 468 g/mol. The van der Waals surface area contributed by atoms with E-state index in [-0.39, 0.29) is 23.1 Å². The van der Waals surface area contributed by atoms with Gasteiger partial charge in [-0.1, -0.05) is 0 Å². The van der Waals surface area contributed by atoms with E-state index in [2.05, 4.69) is 41.5 Å². The van der Waals surface area contributed by atoms with Crippen LogP contribution in [0, 0.1) is 0 Å². The standard InChI is InChI=1S/C19H17BrF3N5O/c1-11(10-29)25-18-27-16(12-4-6-24-7-5-12)9-17(28-18)26-15-3-2-13(8-14(15)20)19(21,22)23/h2-9,11,29H,10H2,1H3,(H2,25,26,27,28)/t11-/m1/s1. The van der Waals surface area contributed by atoms with Gasteiger partial charge in [-0.3, -0.25) is 4.98 Å². The molecule has 1 aromatic carbocycles. The molecule has 0 aliphatic heterocycles. The second-order valence-corrected chi connectivity index (χ2v) is 7.10. The van der Waals surface area contributed by atoms with Crippen LogP contribution in [-0.2, 0) is 6.18 Å². The summed E-state index contributed by atoms with van der Waals surface area (Å²) < 4.78 is 38.9. The highest BCUT2D eigenvalue weighted by atomic mass is 79.9. The lowest BCUT2D eigenvalue weighted by Gasteiger charge is -2.15. The summed E-state index contributed by atoms with van der Waals surface area (Å²) in [5.74, 6) is 0.645. The predicted molar refractivity (Wildman–Crippen MR) is 108 cm³/mol. The van der Waals surface area contributed by atoms with Crippen molar-refractivity contribution in [3.8, 4) is 11.3 Å². The Morgan fingerprint density at radius 3 is 2.45 bits per heavy atom. The Balaban J connectivity index is 1.97.